The quantitative estimate of drug-likeness (QED) is 0.628. The van der Waals surface area contributed by atoms with Gasteiger partial charge in [-0.3, -0.25) is 0 Å². The number of nitrogens with one attached hydrogen (secondary N) is 1. The third kappa shape index (κ3) is 5.37. The third-order valence-corrected chi connectivity index (χ3v) is 5.22. The minimum absolute atomic E-state index is 0.167. The summed E-state index contributed by atoms with van der Waals surface area (Å²) in [6.07, 6.45) is 14.7. The van der Waals surface area contributed by atoms with Crippen LogP contribution in [0, 0.1) is 5.92 Å². The maximum atomic E-state index is 6.54. The van der Waals surface area contributed by atoms with Crippen molar-refractivity contribution in [1.82, 2.24) is 5.32 Å². The topological polar surface area (TPSA) is 21.3 Å². The molecule has 0 bridgehead atoms. The minimum Gasteiger partial charge on any atom is -0.373 e. The number of unbranched alkanes of at least 4 members (excludes halogenated alkanes) is 1. The first-order chi connectivity index (χ1) is 9.78. The summed E-state index contributed by atoms with van der Waals surface area (Å²) in [6, 6.07) is 0.805. The maximum absolute atomic E-state index is 6.54. The van der Waals surface area contributed by atoms with Gasteiger partial charge in [-0.15, -0.1) is 0 Å². The Hall–Kier alpha value is -0.0800. The van der Waals surface area contributed by atoms with E-state index in [1.165, 1.54) is 70.6 Å². The SMILES string of the molecule is CCCCC(CC)COC1(CNC2CC2)CCCCC1. The molecule has 2 saturated carbocycles. The largest absolute Gasteiger partial charge is 0.373 e. The monoisotopic (exact) mass is 281 g/mol. The summed E-state index contributed by atoms with van der Waals surface area (Å²) in [4.78, 5) is 0. The molecular formula is C18H35NO. The molecule has 118 valence electrons. The Bertz CT molecular complexity index is 256. The first kappa shape index (κ1) is 16.3. The Morgan fingerprint density at radius 3 is 2.50 bits per heavy atom. The number of hydrogen-bond acceptors (Lipinski definition) is 2. The van der Waals surface area contributed by atoms with Gasteiger partial charge in [0.2, 0.25) is 0 Å². The van der Waals surface area contributed by atoms with Gasteiger partial charge in [0.25, 0.3) is 0 Å². The van der Waals surface area contributed by atoms with Gasteiger partial charge in [0.05, 0.1) is 12.2 Å². The van der Waals surface area contributed by atoms with E-state index in [0.29, 0.717) is 0 Å². The van der Waals surface area contributed by atoms with E-state index in [2.05, 4.69) is 19.2 Å². The van der Waals surface area contributed by atoms with Crippen LogP contribution in [0.15, 0.2) is 0 Å². The molecule has 1 unspecified atom stereocenters. The molecule has 0 spiro atoms. The average Bonchev–Trinajstić information content (AvgIpc) is 3.31. The second kappa shape index (κ2) is 8.38. The first-order valence-corrected chi connectivity index (χ1v) is 9.15. The van der Waals surface area contributed by atoms with Gasteiger partial charge in [-0.1, -0.05) is 52.4 Å². The standard InChI is InChI=1S/C18H35NO/c1-3-5-9-16(4-2)14-20-18(12-7-6-8-13-18)15-19-17-10-11-17/h16-17,19H,3-15H2,1-2H3. The van der Waals surface area contributed by atoms with Gasteiger partial charge in [0, 0.05) is 12.6 Å². The van der Waals surface area contributed by atoms with Crippen LogP contribution in [0.25, 0.3) is 0 Å². The van der Waals surface area contributed by atoms with Gasteiger partial charge in [-0.2, -0.15) is 0 Å². The van der Waals surface area contributed by atoms with E-state index >= 15 is 0 Å². The van der Waals surface area contributed by atoms with Crippen molar-refractivity contribution < 1.29 is 4.74 Å². The lowest BCUT2D eigenvalue weighted by atomic mass is 9.84. The molecule has 2 aliphatic rings. The summed E-state index contributed by atoms with van der Waals surface area (Å²) >= 11 is 0. The van der Waals surface area contributed by atoms with E-state index in [1.54, 1.807) is 0 Å². The Balaban J connectivity index is 1.78. The lowest BCUT2D eigenvalue weighted by Crippen LogP contribution is -2.46. The number of hydrogen-bond donors (Lipinski definition) is 1. The van der Waals surface area contributed by atoms with Gasteiger partial charge >= 0.3 is 0 Å². The van der Waals surface area contributed by atoms with E-state index in [1.807, 2.05) is 0 Å². The lowest BCUT2D eigenvalue weighted by molar-refractivity contribution is -0.0831. The number of ether oxygens (including phenoxy) is 1. The van der Waals surface area contributed by atoms with Crippen molar-refractivity contribution in [3.8, 4) is 0 Å². The van der Waals surface area contributed by atoms with Crippen LogP contribution in [0.4, 0.5) is 0 Å². The molecule has 0 radical (unpaired) electrons. The van der Waals surface area contributed by atoms with E-state index in [-0.39, 0.29) is 5.60 Å². The van der Waals surface area contributed by atoms with Crippen LogP contribution in [0.2, 0.25) is 0 Å². The first-order valence-electron chi connectivity index (χ1n) is 9.15. The fourth-order valence-electron chi connectivity index (χ4n) is 3.38. The van der Waals surface area contributed by atoms with Gasteiger partial charge in [0.15, 0.2) is 0 Å². The van der Waals surface area contributed by atoms with Crippen molar-refractivity contribution in [1.29, 1.82) is 0 Å². The van der Waals surface area contributed by atoms with Crippen molar-refractivity contribution in [2.45, 2.75) is 96.1 Å². The predicted molar refractivity (Wildman–Crippen MR) is 86.1 cm³/mol. The fraction of sp³-hybridized carbons (Fsp3) is 1.00. The Labute approximate surface area is 126 Å². The molecule has 2 heteroatoms. The van der Waals surface area contributed by atoms with Gasteiger partial charge in [0.1, 0.15) is 0 Å². The molecule has 2 aliphatic carbocycles. The van der Waals surface area contributed by atoms with Crippen LogP contribution in [-0.4, -0.2) is 24.8 Å². The summed E-state index contributed by atoms with van der Waals surface area (Å²) in [5.41, 5.74) is 0.167. The highest BCUT2D eigenvalue weighted by atomic mass is 16.5. The van der Waals surface area contributed by atoms with Crippen LogP contribution >= 0.6 is 0 Å². The smallest absolute Gasteiger partial charge is 0.0806 e. The molecule has 0 aromatic carbocycles. The summed E-state index contributed by atoms with van der Waals surface area (Å²) < 4.78 is 6.54. The highest BCUT2D eigenvalue weighted by Crippen LogP contribution is 2.33. The minimum atomic E-state index is 0.167. The normalized spacial score (nSPS) is 23.7. The van der Waals surface area contributed by atoms with Crippen molar-refractivity contribution in [2.24, 2.45) is 5.92 Å². The molecular weight excluding hydrogens is 246 g/mol. The third-order valence-electron chi connectivity index (χ3n) is 5.22. The van der Waals surface area contributed by atoms with Crippen LogP contribution in [0.3, 0.4) is 0 Å². The number of rotatable bonds is 10. The molecule has 2 fully saturated rings. The molecule has 1 N–H and O–H groups in total. The Morgan fingerprint density at radius 2 is 1.90 bits per heavy atom. The second-order valence-electron chi connectivity index (χ2n) is 7.13. The van der Waals surface area contributed by atoms with Crippen LogP contribution < -0.4 is 5.32 Å². The van der Waals surface area contributed by atoms with Gasteiger partial charge < -0.3 is 10.1 Å². The van der Waals surface area contributed by atoms with Crippen molar-refractivity contribution in [3.05, 3.63) is 0 Å². The molecule has 0 saturated heterocycles. The Kier molecular flexibility index (Phi) is 6.83. The zero-order chi connectivity index (χ0) is 14.3. The van der Waals surface area contributed by atoms with E-state index in [0.717, 1.165) is 25.1 Å². The van der Waals surface area contributed by atoms with E-state index < -0.39 is 0 Å². The summed E-state index contributed by atoms with van der Waals surface area (Å²) in [7, 11) is 0. The summed E-state index contributed by atoms with van der Waals surface area (Å²) in [5, 5.41) is 3.73. The highest BCUT2D eigenvalue weighted by molar-refractivity contribution is 4.91. The molecule has 1 atom stereocenters. The fourth-order valence-corrected chi connectivity index (χ4v) is 3.38. The van der Waals surface area contributed by atoms with Crippen molar-refractivity contribution in [3.63, 3.8) is 0 Å². The molecule has 0 amide bonds. The van der Waals surface area contributed by atoms with Gasteiger partial charge in [-0.05, 0) is 38.0 Å². The maximum Gasteiger partial charge on any atom is 0.0806 e. The van der Waals surface area contributed by atoms with Crippen LogP contribution in [0.5, 0.6) is 0 Å². The highest BCUT2D eigenvalue weighted by Gasteiger charge is 2.35. The molecule has 0 aromatic rings. The summed E-state index contributed by atoms with van der Waals surface area (Å²) in [6.45, 7) is 6.69. The van der Waals surface area contributed by atoms with E-state index in [4.69, 9.17) is 4.74 Å². The molecule has 2 rings (SSSR count). The molecule has 0 aromatic heterocycles. The zero-order valence-corrected chi connectivity index (χ0v) is 13.8. The van der Waals surface area contributed by atoms with E-state index in [9.17, 15) is 0 Å². The Morgan fingerprint density at radius 1 is 1.15 bits per heavy atom. The summed E-state index contributed by atoms with van der Waals surface area (Å²) in [5.74, 6) is 0.773. The average molecular weight is 281 g/mol. The van der Waals surface area contributed by atoms with Crippen LogP contribution in [-0.2, 0) is 4.74 Å². The van der Waals surface area contributed by atoms with Crippen molar-refractivity contribution in [2.75, 3.05) is 13.2 Å². The molecule has 0 heterocycles. The molecule has 20 heavy (non-hydrogen) atoms. The zero-order valence-electron chi connectivity index (χ0n) is 13.8. The second-order valence-corrected chi connectivity index (χ2v) is 7.13. The lowest BCUT2D eigenvalue weighted by Gasteiger charge is -2.38. The molecule has 2 nitrogen and oxygen atoms in total. The molecule has 0 aliphatic heterocycles. The van der Waals surface area contributed by atoms with Crippen molar-refractivity contribution >= 4 is 0 Å². The van der Waals surface area contributed by atoms with Crippen LogP contribution in [0.1, 0.15) is 84.5 Å². The van der Waals surface area contributed by atoms with Gasteiger partial charge in [-0.25, -0.2) is 0 Å². The predicted octanol–water partition coefficient (Wildman–Crippen LogP) is 4.67.